The summed E-state index contributed by atoms with van der Waals surface area (Å²) in [5.41, 5.74) is 11.1. The van der Waals surface area contributed by atoms with Crippen molar-refractivity contribution in [3.05, 3.63) is 83.6 Å². The summed E-state index contributed by atoms with van der Waals surface area (Å²) >= 11 is 0. The summed E-state index contributed by atoms with van der Waals surface area (Å²) in [6.07, 6.45) is 13.1. The highest BCUT2D eigenvalue weighted by Gasteiger charge is 2.32. The van der Waals surface area contributed by atoms with Crippen LogP contribution in [-0.2, 0) is 16.0 Å². The molecule has 3 N–H and O–H groups in total. The zero-order valence-electron chi connectivity index (χ0n) is 24.3. The van der Waals surface area contributed by atoms with Gasteiger partial charge in [-0.15, -0.1) is 0 Å². The highest BCUT2D eigenvalue weighted by Crippen LogP contribution is 2.37. The van der Waals surface area contributed by atoms with Gasteiger partial charge in [0.25, 0.3) is 5.91 Å². The molecule has 1 aliphatic rings. The molecule has 0 aliphatic carbocycles. The van der Waals surface area contributed by atoms with Crippen molar-refractivity contribution in [1.29, 1.82) is 0 Å². The van der Waals surface area contributed by atoms with Crippen LogP contribution in [0.25, 0.3) is 16.8 Å². The number of amides is 2. The number of nitrogens with one attached hydrogen (secondary N) is 1. The van der Waals surface area contributed by atoms with Crippen molar-refractivity contribution in [2.45, 2.75) is 52.0 Å². The van der Waals surface area contributed by atoms with Gasteiger partial charge < -0.3 is 20.7 Å². The minimum absolute atomic E-state index is 0.0710. The van der Waals surface area contributed by atoms with Crippen molar-refractivity contribution < 1.29 is 14.3 Å². The lowest BCUT2D eigenvalue weighted by Gasteiger charge is -2.34. The number of hydrogen-bond acceptors (Lipinski definition) is 7. The maximum absolute atomic E-state index is 13.1. The van der Waals surface area contributed by atoms with Crippen LogP contribution in [0.1, 0.15) is 66.0 Å². The van der Waals surface area contributed by atoms with Crippen LogP contribution in [0, 0.1) is 6.92 Å². The third-order valence-electron chi connectivity index (χ3n) is 7.57. The summed E-state index contributed by atoms with van der Waals surface area (Å²) in [4.78, 5) is 41.8. The first kappa shape index (κ1) is 28.9. The quantitative estimate of drug-likeness (QED) is 0.268. The van der Waals surface area contributed by atoms with Crippen LogP contribution in [0.2, 0.25) is 0 Å². The molecule has 3 aromatic heterocycles. The Kier molecular flexibility index (Phi) is 8.92. The predicted molar refractivity (Wildman–Crippen MR) is 163 cm³/mol. The standard InChI is InChI=1S/C32H37N7O3/c1-4-8-22-13-14-34-26(20-22)36-32(41)23-11-12-24(21(2)19-23)28-29-30(33)35-15-17-39(29)31(37-28)25-9-5-6-16-38(25)27(40)10-7-18-42-3/h7,10-15,17,19-20,25H,4-6,8-9,16,18H2,1-3H3,(H2,33,35)(H,34,36,41)/b10-7+/t25-/m0/s1. The lowest BCUT2D eigenvalue weighted by atomic mass is 10.0. The lowest BCUT2D eigenvalue weighted by Crippen LogP contribution is -2.38. The molecule has 0 saturated carbocycles. The molecular weight excluding hydrogens is 530 g/mol. The first-order valence-electron chi connectivity index (χ1n) is 14.4. The second-order valence-corrected chi connectivity index (χ2v) is 10.5. The van der Waals surface area contributed by atoms with Crippen LogP contribution < -0.4 is 11.1 Å². The van der Waals surface area contributed by atoms with Gasteiger partial charge in [-0.25, -0.2) is 15.0 Å². The fourth-order valence-corrected chi connectivity index (χ4v) is 5.56. The van der Waals surface area contributed by atoms with E-state index < -0.39 is 0 Å². The number of hydrogen-bond donors (Lipinski definition) is 2. The summed E-state index contributed by atoms with van der Waals surface area (Å²) < 4.78 is 7.02. The minimum atomic E-state index is -0.236. The Morgan fingerprint density at radius 3 is 2.81 bits per heavy atom. The van der Waals surface area contributed by atoms with Gasteiger partial charge in [0.1, 0.15) is 28.7 Å². The van der Waals surface area contributed by atoms with Gasteiger partial charge in [-0.05, 0) is 68.0 Å². The van der Waals surface area contributed by atoms with Crippen LogP contribution in [-0.4, -0.2) is 56.3 Å². The lowest BCUT2D eigenvalue weighted by molar-refractivity contribution is -0.130. The fourth-order valence-electron chi connectivity index (χ4n) is 5.56. The van der Waals surface area contributed by atoms with Gasteiger partial charge in [0.2, 0.25) is 5.91 Å². The van der Waals surface area contributed by atoms with Crippen molar-refractivity contribution in [2.24, 2.45) is 0 Å². The summed E-state index contributed by atoms with van der Waals surface area (Å²) in [7, 11) is 1.60. The van der Waals surface area contributed by atoms with E-state index in [1.807, 2.05) is 46.7 Å². The number of carbonyl (C=O) groups is 2. The van der Waals surface area contributed by atoms with Gasteiger partial charge in [-0.1, -0.05) is 25.5 Å². The number of likely N-dealkylation sites (tertiary alicyclic amines) is 1. The molecule has 0 bridgehead atoms. The van der Waals surface area contributed by atoms with Crippen molar-refractivity contribution in [3.63, 3.8) is 0 Å². The number of benzene rings is 1. The van der Waals surface area contributed by atoms with Crippen LogP contribution in [0.5, 0.6) is 0 Å². The summed E-state index contributed by atoms with van der Waals surface area (Å²) in [5, 5.41) is 2.91. The summed E-state index contributed by atoms with van der Waals surface area (Å²) in [6, 6.07) is 9.16. The Balaban J connectivity index is 1.48. The Hall–Kier alpha value is -4.57. The second-order valence-electron chi connectivity index (χ2n) is 10.5. The van der Waals surface area contributed by atoms with Gasteiger partial charge in [-0.3, -0.25) is 14.0 Å². The summed E-state index contributed by atoms with van der Waals surface area (Å²) in [6.45, 7) is 5.08. The Morgan fingerprint density at radius 1 is 1.17 bits per heavy atom. The normalized spacial score (nSPS) is 15.4. The van der Waals surface area contributed by atoms with E-state index in [2.05, 4.69) is 22.2 Å². The molecular formula is C32H37N7O3. The fraction of sp³-hybridized carbons (Fsp3) is 0.344. The monoisotopic (exact) mass is 567 g/mol. The number of pyridine rings is 1. The Labute approximate surface area is 245 Å². The molecule has 4 aromatic rings. The van der Waals surface area contributed by atoms with E-state index in [0.717, 1.165) is 54.6 Å². The first-order valence-corrected chi connectivity index (χ1v) is 14.4. The number of nitrogen functional groups attached to an aromatic ring is 1. The average molecular weight is 568 g/mol. The number of nitrogens with two attached hydrogens (primary N) is 1. The molecule has 218 valence electrons. The van der Waals surface area contributed by atoms with E-state index in [9.17, 15) is 9.59 Å². The maximum Gasteiger partial charge on any atom is 0.256 e. The van der Waals surface area contributed by atoms with Gasteiger partial charge >= 0.3 is 0 Å². The highest BCUT2D eigenvalue weighted by molar-refractivity contribution is 6.04. The molecule has 10 nitrogen and oxygen atoms in total. The predicted octanol–water partition coefficient (Wildman–Crippen LogP) is 5.14. The third-order valence-corrected chi connectivity index (χ3v) is 7.57. The number of ether oxygens (including phenoxy) is 1. The number of imidazole rings is 1. The van der Waals surface area contributed by atoms with Crippen molar-refractivity contribution in [1.82, 2.24) is 24.3 Å². The van der Waals surface area contributed by atoms with E-state index in [4.69, 9.17) is 15.5 Å². The zero-order valence-corrected chi connectivity index (χ0v) is 24.3. The number of piperidine rings is 1. The van der Waals surface area contributed by atoms with E-state index in [1.54, 1.807) is 37.7 Å². The zero-order chi connectivity index (χ0) is 29.6. The minimum Gasteiger partial charge on any atom is -0.382 e. The van der Waals surface area contributed by atoms with E-state index in [1.165, 1.54) is 0 Å². The number of aromatic nitrogens is 4. The van der Waals surface area contributed by atoms with Crippen LogP contribution in [0.15, 0.2) is 61.1 Å². The number of carbonyl (C=O) groups excluding carboxylic acids is 2. The molecule has 1 aliphatic heterocycles. The molecule has 1 fully saturated rings. The van der Waals surface area contributed by atoms with Gasteiger partial charge in [0.05, 0.1) is 12.6 Å². The number of fused-ring (bicyclic) bond motifs is 1. The molecule has 4 heterocycles. The SMILES string of the molecule is CCCc1ccnc(NC(=O)c2ccc(-c3nc([C@@H]4CCCCN4C(=O)/C=C/COC)n4ccnc(N)c34)c(C)c2)c1. The molecule has 5 rings (SSSR count). The van der Waals surface area contributed by atoms with E-state index in [0.29, 0.717) is 41.6 Å². The molecule has 0 spiro atoms. The highest BCUT2D eigenvalue weighted by atomic mass is 16.5. The molecule has 1 saturated heterocycles. The van der Waals surface area contributed by atoms with Crippen molar-refractivity contribution >= 4 is 29.0 Å². The third kappa shape index (κ3) is 6.03. The van der Waals surface area contributed by atoms with E-state index >= 15 is 0 Å². The molecule has 10 heteroatoms. The van der Waals surface area contributed by atoms with Crippen molar-refractivity contribution in [3.8, 4) is 11.3 Å². The molecule has 42 heavy (non-hydrogen) atoms. The van der Waals surface area contributed by atoms with Crippen LogP contribution >= 0.6 is 0 Å². The maximum atomic E-state index is 13.1. The Morgan fingerprint density at radius 2 is 2.02 bits per heavy atom. The van der Waals surface area contributed by atoms with Gasteiger partial charge in [-0.2, -0.15) is 0 Å². The largest absolute Gasteiger partial charge is 0.382 e. The average Bonchev–Trinajstić information content (AvgIpc) is 3.38. The van der Waals surface area contributed by atoms with Crippen LogP contribution in [0.4, 0.5) is 11.6 Å². The molecule has 0 radical (unpaired) electrons. The number of methoxy groups -OCH3 is 1. The first-order chi connectivity index (χ1) is 20.4. The van der Waals surface area contributed by atoms with Crippen molar-refractivity contribution in [2.75, 3.05) is 31.3 Å². The molecule has 1 aromatic carbocycles. The van der Waals surface area contributed by atoms with E-state index in [-0.39, 0.29) is 17.9 Å². The molecule has 0 unspecified atom stereocenters. The number of nitrogens with zero attached hydrogens (tertiary/aromatic N) is 5. The topological polar surface area (TPSA) is 128 Å². The number of anilines is 2. The Bertz CT molecular complexity index is 1630. The number of aryl methyl sites for hydroxylation is 2. The molecule has 2 amide bonds. The second kappa shape index (κ2) is 12.9. The van der Waals surface area contributed by atoms with Gasteiger partial charge in [0.15, 0.2) is 0 Å². The number of rotatable bonds is 9. The smallest absolute Gasteiger partial charge is 0.256 e. The van der Waals surface area contributed by atoms with Crippen LogP contribution in [0.3, 0.4) is 0 Å². The summed E-state index contributed by atoms with van der Waals surface area (Å²) in [5.74, 6) is 1.30. The molecule has 1 atom stereocenters. The van der Waals surface area contributed by atoms with Gasteiger partial charge in [0, 0.05) is 49.4 Å².